The zero-order chi connectivity index (χ0) is 16.7. The summed E-state index contributed by atoms with van der Waals surface area (Å²) in [6.45, 7) is 5.86. The molecule has 6 heteroatoms. The quantitative estimate of drug-likeness (QED) is 0.737. The summed E-state index contributed by atoms with van der Waals surface area (Å²) < 4.78 is 3.17. The molecule has 0 spiro atoms. The molecular weight excluding hydrogens is 290 g/mol. The van der Waals surface area contributed by atoms with Gasteiger partial charge in [-0.05, 0) is 38.0 Å². The largest absolute Gasteiger partial charge is 0.307 e. The zero-order valence-electron chi connectivity index (χ0n) is 13.3. The molecule has 3 heterocycles. The van der Waals surface area contributed by atoms with Gasteiger partial charge in [0, 0.05) is 12.2 Å². The Balaban J connectivity index is 2.60. The molecule has 0 aliphatic rings. The summed E-state index contributed by atoms with van der Waals surface area (Å²) in [6.07, 6.45) is 2.51. The third kappa shape index (κ3) is 2.21. The number of aromatic nitrogens is 3. The van der Waals surface area contributed by atoms with Crippen LogP contribution in [0.4, 0.5) is 0 Å². The lowest BCUT2D eigenvalue weighted by molar-refractivity contribution is 0.518. The van der Waals surface area contributed by atoms with E-state index in [1.165, 1.54) is 10.5 Å². The van der Waals surface area contributed by atoms with E-state index in [1.807, 2.05) is 32.9 Å². The average molecular weight is 307 g/mol. The van der Waals surface area contributed by atoms with E-state index >= 15 is 0 Å². The second kappa shape index (κ2) is 5.36. The first-order valence-electron chi connectivity index (χ1n) is 7.51. The number of pyridine rings is 2. The highest BCUT2D eigenvalue weighted by molar-refractivity contribution is 5.77. The predicted molar refractivity (Wildman–Crippen MR) is 87.3 cm³/mol. The summed E-state index contributed by atoms with van der Waals surface area (Å²) in [5.41, 5.74) is 2.00. The minimum atomic E-state index is -0.220. The molecule has 3 aromatic heterocycles. The Hall–Kier alpha value is -2.94. The van der Waals surface area contributed by atoms with Crippen LogP contribution in [0.3, 0.4) is 0 Å². The molecule has 0 aromatic carbocycles. The first-order valence-corrected chi connectivity index (χ1v) is 7.51. The van der Waals surface area contributed by atoms with Crippen LogP contribution in [0, 0.1) is 23.7 Å². The van der Waals surface area contributed by atoms with Gasteiger partial charge in [0.2, 0.25) is 0 Å². The Morgan fingerprint density at radius 1 is 1.43 bits per heavy atom. The number of aryl methyl sites for hydroxylation is 1. The van der Waals surface area contributed by atoms with Crippen LogP contribution in [0.25, 0.3) is 16.7 Å². The van der Waals surface area contributed by atoms with Crippen LogP contribution in [0.5, 0.6) is 0 Å². The molecule has 23 heavy (non-hydrogen) atoms. The molecule has 0 aliphatic heterocycles. The lowest BCUT2D eigenvalue weighted by atomic mass is 10.1. The van der Waals surface area contributed by atoms with E-state index in [0.717, 1.165) is 12.0 Å². The van der Waals surface area contributed by atoms with E-state index < -0.39 is 0 Å². The minimum Gasteiger partial charge on any atom is -0.307 e. The standard InChI is InChI=1S/C17H17N5O/c1-4-11(3)22-15(19)12(8-18)7-13-16(22)20-14-6-5-10(2)9-21(14)17(13)23/h5-7,9,11,19H,4H2,1-3H3/t11-/m0/s1. The molecule has 0 bridgehead atoms. The average Bonchev–Trinajstić information content (AvgIpc) is 2.55. The third-order valence-electron chi connectivity index (χ3n) is 4.15. The second-order valence-corrected chi connectivity index (χ2v) is 5.73. The first kappa shape index (κ1) is 15.0. The van der Waals surface area contributed by atoms with Crippen LogP contribution < -0.4 is 11.0 Å². The maximum absolute atomic E-state index is 12.8. The molecule has 0 saturated heterocycles. The molecule has 0 aliphatic carbocycles. The SMILES string of the molecule is CC[C@H](C)n1c(=N)c(C#N)cc2c(=O)n3cc(C)ccc3nc21. The van der Waals surface area contributed by atoms with Gasteiger partial charge in [-0.25, -0.2) is 4.98 Å². The molecule has 1 N–H and O–H groups in total. The fourth-order valence-corrected chi connectivity index (χ4v) is 2.70. The summed E-state index contributed by atoms with van der Waals surface area (Å²) in [5.74, 6) is 0. The van der Waals surface area contributed by atoms with Crippen LogP contribution in [-0.4, -0.2) is 14.0 Å². The molecule has 0 amide bonds. The smallest absolute Gasteiger partial charge is 0.267 e. The van der Waals surface area contributed by atoms with Crippen LogP contribution in [0.2, 0.25) is 0 Å². The Kier molecular flexibility index (Phi) is 3.49. The molecule has 0 unspecified atom stereocenters. The number of nitrogens with zero attached hydrogens (tertiary/aromatic N) is 4. The van der Waals surface area contributed by atoms with Crippen molar-refractivity contribution in [2.24, 2.45) is 0 Å². The summed E-state index contributed by atoms with van der Waals surface area (Å²) in [7, 11) is 0. The van der Waals surface area contributed by atoms with Crippen molar-refractivity contribution in [3.63, 3.8) is 0 Å². The van der Waals surface area contributed by atoms with E-state index in [4.69, 9.17) is 5.41 Å². The summed E-state index contributed by atoms with van der Waals surface area (Å²) >= 11 is 0. The highest BCUT2D eigenvalue weighted by Crippen LogP contribution is 2.16. The number of nitrogens with one attached hydrogen (secondary N) is 1. The molecular formula is C17H17N5O. The summed E-state index contributed by atoms with van der Waals surface area (Å²) in [4.78, 5) is 17.4. The molecule has 0 fully saturated rings. The van der Waals surface area contributed by atoms with Gasteiger partial charge in [0.15, 0.2) is 0 Å². The Morgan fingerprint density at radius 3 is 2.83 bits per heavy atom. The van der Waals surface area contributed by atoms with E-state index in [9.17, 15) is 10.1 Å². The number of hydrogen-bond acceptors (Lipinski definition) is 4. The van der Waals surface area contributed by atoms with Gasteiger partial charge in [-0.1, -0.05) is 13.0 Å². The van der Waals surface area contributed by atoms with Crippen molar-refractivity contribution in [2.75, 3.05) is 0 Å². The molecule has 6 nitrogen and oxygen atoms in total. The van der Waals surface area contributed by atoms with Gasteiger partial charge in [-0.15, -0.1) is 0 Å². The molecule has 0 radical (unpaired) electrons. The van der Waals surface area contributed by atoms with Gasteiger partial charge in [-0.3, -0.25) is 14.6 Å². The number of rotatable bonds is 2. The Labute approximate surface area is 132 Å². The van der Waals surface area contributed by atoms with Gasteiger partial charge in [0.25, 0.3) is 5.56 Å². The van der Waals surface area contributed by atoms with Crippen LogP contribution in [0.1, 0.15) is 37.4 Å². The van der Waals surface area contributed by atoms with Crippen LogP contribution in [-0.2, 0) is 0 Å². The van der Waals surface area contributed by atoms with E-state index in [0.29, 0.717) is 16.7 Å². The van der Waals surface area contributed by atoms with Gasteiger partial charge < -0.3 is 4.57 Å². The van der Waals surface area contributed by atoms with Crippen molar-refractivity contribution >= 4 is 16.7 Å². The van der Waals surface area contributed by atoms with Crippen LogP contribution >= 0.6 is 0 Å². The van der Waals surface area contributed by atoms with Gasteiger partial charge in [-0.2, -0.15) is 5.26 Å². The fraction of sp³-hybridized carbons (Fsp3) is 0.294. The third-order valence-corrected chi connectivity index (χ3v) is 4.15. The van der Waals surface area contributed by atoms with Gasteiger partial charge >= 0.3 is 0 Å². The van der Waals surface area contributed by atoms with Crippen molar-refractivity contribution in [3.05, 3.63) is 51.4 Å². The highest BCUT2D eigenvalue weighted by atomic mass is 16.1. The number of nitriles is 1. The zero-order valence-corrected chi connectivity index (χ0v) is 13.3. The van der Waals surface area contributed by atoms with E-state index in [-0.39, 0.29) is 22.7 Å². The molecule has 1 atom stereocenters. The predicted octanol–water partition coefficient (Wildman–Crippen LogP) is 2.28. The maximum atomic E-state index is 12.8. The molecule has 3 aromatic rings. The van der Waals surface area contributed by atoms with E-state index in [2.05, 4.69) is 4.98 Å². The monoisotopic (exact) mass is 307 g/mol. The van der Waals surface area contributed by atoms with E-state index in [1.54, 1.807) is 16.8 Å². The van der Waals surface area contributed by atoms with Gasteiger partial charge in [0.1, 0.15) is 22.9 Å². The lowest BCUT2D eigenvalue weighted by Gasteiger charge is -2.17. The first-order chi connectivity index (χ1) is 11.0. The Bertz CT molecular complexity index is 1080. The molecule has 0 saturated carbocycles. The fourth-order valence-electron chi connectivity index (χ4n) is 2.70. The van der Waals surface area contributed by atoms with Crippen molar-refractivity contribution < 1.29 is 0 Å². The number of hydrogen-bond donors (Lipinski definition) is 1. The maximum Gasteiger partial charge on any atom is 0.267 e. The second-order valence-electron chi connectivity index (χ2n) is 5.73. The number of fused-ring (bicyclic) bond motifs is 2. The minimum absolute atomic E-state index is 0.0295. The van der Waals surface area contributed by atoms with Crippen molar-refractivity contribution in [2.45, 2.75) is 33.2 Å². The molecule has 116 valence electrons. The highest BCUT2D eigenvalue weighted by Gasteiger charge is 2.16. The van der Waals surface area contributed by atoms with Crippen molar-refractivity contribution in [1.82, 2.24) is 14.0 Å². The summed E-state index contributed by atoms with van der Waals surface area (Å²) in [5, 5.41) is 17.9. The lowest BCUT2D eigenvalue weighted by Crippen LogP contribution is -2.29. The topological polar surface area (TPSA) is 86.9 Å². The molecule has 3 rings (SSSR count). The Morgan fingerprint density at radius 2 is 2.17 bits per heavy atom. The van der Waals surface area contributed by atoms with Crippen molar-refractivity contribution in [3.8, 4) is 6.07 Å². The van der Waals surface area contributed by atoms with Gasteiger partial charge in [0.05, 0.1) is 10.9 Å². The normalized spacial score (nSPS) is 12.4. The van der Waals surface area contributed by atoms with Crippen LogP contribution in [0.15, 0.2) is 29.2 Å². The van der Waals surface area contributed by atoms with Crippen molar-refractivity contribution in [1.29, 1.82) is 10.7 Å². The summed E-state index contributed by atoms with van der Waals surface area (Å²) in [6, 6.07) is 7.14.